The van der Waals surface area contributed by atoms with Crippen molar-refractivity contribution in [1.29, 1.82) is 0 Å². The fraction of sp³-hybridized carbons (Fsp3) is 0.0500. The molecule has 4 nitrogen and oxygen atoms in total. The molecule has 0 aromatic heterocycles. The van der Waals surface area contributed by atoms with Gasteiger partial charge in [-0.15, -0.1) is 0 Å². The van der Waals surface area contributed by atoms with E-state index >= 15 is 0 Å². The lowest BCUT2D eigenvalue weighted by molar-refractivity contribution is -0.520. The van der Waals surface area contributed by atoms with Crippen molar-refractivity contribution in [2.75, 3.05) is 0 Å². The molecule has 24 heavy (non-hydrogen) atoms. The quantitative estimate of drug-likeness (QED) is 0.486. The summed E-state index contributed by atoms with van der Waals surface area (Å²) < 4.78 is 0.581. The lowest BCUT2D eigenvalue weighted by Gasteiger charge is -2.27. The third kappa shape index (κ3) is 1.71. The third-order valence-electron chi connectivity index (χ3n) is 4.46. The maximum Gasteiger partial charge on any atom is 0.286 e. The molecule has 2 aromatic carbocycles. The number of allylic oxidation sites excluding steroid dienone is 3. The second-order valence-corrected chi connectivity index (χ2v) is 5.72. The van der Waals surface area contributed by atoms with E-state index in [1.165, 1.54) is 18.2 Å². The molecule has 0 radical (unpaired) electrons. The van der Waals surface area contributed by atoms with Crippen molar-refractivity contribution in [3.63, 3.8) is 0 Å². The first-order valence-electron chi connectivity index (χ1n) is 7.60. The first-order valence-corrected chi connectivity index (χ1v) is 7.60. The SMILES string of the molecule is O=C1C=CC=C2C(=O)C(c3ccccc3)(c3ccccc3)[N+]([O-])=C12. The average molecular weight is 315 g/mol. The van der Waals surface area contributed by atoms with Crippen molar-refractivity contribution >= 4 is 17.3 Å². The smallest absolute Gasteiger partial charge is 0.286 e. The minimum Gasteiger partial charge on any atom is -0.622 e. The Bertz CT molecular complexity index is 898. The van der Waals surface area contributed by atoms with E-state index in [0.717, 1.165) is 0 Å². The third-order valence-corrected chi connectivity index (χ3v) is 4.46. The van der Waals surface area contributed by atoms with Crippen LogP contribution in [0.2, 0.25) is 0 Å². The number of hydrogen-bond donors (Lipinski definition) is 0. The van der Waals surface area contributed by atoms with Gasteiger partial charge >= 0.3 is 0 Å². The van der Waals surface area contributed by atoms with Gasteiger partial charge in [0.05, 0.1) is 0 Å². The van der Waals surface area contributed by atoms with E-state index in [9.17, 15) is 14.8 Å². The molecule has 0 amide bonds. The molecule has 0 atom stereocenters. The molecular weight excluding hydrogens is 302 g/mol. The van der Waals surface area contributed by atoms with Crippen LogP contribution in [0.3, 0.4) is 0 Å². The molecule has 1 aliphatic heterocycles. The van der Waals surface area contributed by atoms with Gasteiger partial charge in [-0.1, -0.05) is 66.7 Å². The summed E-state index contributed by atoms with van der Waals surface area (Å²) in [5.41, 5.74) is -0.384. The molecule has 0 saturated heterocycles. The lowest BCUT2D eigenvalue weighted by Crippen LogP contribution is -2.41. The molecule has 4 rings (SSSR count). The lowest BCUT2D eigenvalue weighted by atomic mass is 9.78. The number of carbonyl (C=O) groups excluding carboxylic acids is 2. The summed E-state index contributed by atoms with van der Waals surface area (Å²) in [6.45, 7) is 0. The van der Waals surface area contributed by atoms with Crippen LogP contribution in [0.4, 0.5) is 0 Å². The molecule has 116 valence electrons. The molecular formula is C20H13NO3. The highest BCUT2D eigenvalue weighted by atomic mass is 16.5. The van der Waals surface area contributed by atoms with Gasteiger partial charge in [-0.2, -0.15) is 4.74 Å². The van der Waals surface area contributed by atoms with Crippen LogP contribution < -0.4 is 0 Å². The number of carbonyl (C=O) groups is 2. The van der Waals surface area contributed by atoms with Crippen molar-refractivity contribution in [3.05, 3.63) is 101 Å². The zero-order valence-electron chi connectivity index (χ0n) is 12.7. The maximum absolute atomic E-state index is 13.3. The summed E-state index contributed by atoms with van der Waals surface area (Å²) in [6, 6.07) is 17.7. The molecule has 2 aromatic rings. The van der Waals surface area contributed by atoms with E-state index in [0.29, 0.717) is 15.9 Å². The highest BCUT2D eigenvalue weighted by molar-refractivity contribution is 6.56. The molecule has 0 spiro atoms. The molecule has 0 saturated carbocycles. The minimum absolute atomic E-state index is 0.0878. The summed E-state index contributed by atoms with van der Waals surface area (Å²) >= 11 is 0. The second kappa shape index (κ2) is 5.13. The van der Waals surface area contributed by atoms with E-state index in [4.69, 9.17) is 0 Å². The van der Waals surface area contributed by atoms with E-state index in [1.54, 1.807) is 48.5 Å². The van der Waals surface area contributed by atoms with Crippen LogP contribution >= 0.6 is 0 Å². The molecule has 1 aliphatic carbocycles. The fourth-order valence-electron chi connectivity index (χ4n) is 3.39. The zero-order valence-corrected chi connectivity index (χ0v) is 12.7. The van der Waals surface area contributed by atoms with Crippen molar-refractivity contribution in [2.24, 2.45) is 0 Å². The average Bonchev–Trinajstić information content (AvgIpc) is 2.86. The van der Waals surface area contributed by atoms with Crippen LogP contribution in [0.15, 0.2) is 84.5 Å². The Balaban J connectivity index is 2.10. The zero-order chi connectivity index (χ0) is 16.7. The van der Waals surface area contributed by atoms with Gasteiger partial charge in [0, 0.05) is 11.1 Å². The van der Waals surface area contributed by atoms with Crippen LogP contribution in [0.25, 0.3) is 0 Å². The summed E-state index contributed by atoms with van der Waals surface area (Å²) in [5, 5.41) is 13.2. The van der Waals surface area contributed by atoms with Gasteiger partial charge in [0.2, 0.25) is 0 Å². The first kappa shape index (κ1) is 14.3. The highest BCUT2D eigenvalue weighted by Crippen LogP contribution is 2.41. The summed E-state index contributed by atoms with van der Waals surface area (Å²) in [7, 11) is 0. The molecule has 2 aliphatic rings. The van der Waals surface area contributed by atoms with Crippen molar-refractivity contribution in [1.82, 2.24) is 0 Å². The number of nitrogens with zero attached hydrogens (tertiary/aromatic N) is 1. The van der Waals surface area contributed by atoms with Crippen molar-refractivity contribution < 1.29 is 14.3 Å². The number of fused-ring (bicyclic) bond motifs is 1. The Morgan fingerprint density at radius 1 is 0.833 bits per heavy atom. The number of hydrogen-bond acceptors (Lipinski definition) is 3. The molecule has 0 bridgehead atoms. The number of benzene rings is 2. The Hall–Kier alpha value is -3.27. The number of ketones is 2. The number of Topliss-reactive ketones (excluding diaryl/α,β-unsaturated/α-hetero) is 1. The van der Waals surface area contributed by atoms with Gasteiger partial charge in [0.15, 0.2) is 0 Å². The molecule has 1 heterocycles. The monoisotopic (exact) mass is 315 g/mol. The predicted octanol–water partition coefficient (Wildman–Crippen LogP) is 2.53. The van der Waals surface area contributed by atoms with Crippen LogP contribution in [0.5, 0.6) is 0 Å². The van der Waals surface area contributed by atoms with Gasteiger partial charge < -0.3 is 5.21 Å². The first-order chi connectivity index (χ1) is 11.7. The van der Waals surface area contributed by atoms with Crippen molar-refractivity contribution in [3.8, 4) is 0 Å². The van der Waals surface area contributed by atoms with Crippen LogP contribution in [0.1, 0.15) is 11.1 Å². The Kier molecular flexibility index (Phi) is 3.06. The Labute approximate surface area is 138 Å². The van der Waals surface area contributed by atoms with Crippen molar-refractivity contribution in [2.45, 2.75) is 5.54 Å². The van der Waals surface area contributed by atoms with E-state index in [1.807, 2.05) is 12.1 Å². The van der Waals surface area contributed by atoms with Crippen LogP contribution in [0, 0.1) is 5.21 Å². The molecule has 0 N–H and O–H groups in total. The fourth-order valence-corrected chi connectivity index (χ4v) is 3.39. The largest absolute Gasteiger partial charge is 0.622 e. The molecule has 0 unspecified atom stereocenters. The van der Waals surface area contributed by atoms with E-state index in [-0.39, 0.29) is 17.1 Å². The van der Waals surface area contributed by atoms with Gasteiger partial charge in [-0.05, 0) is 12.2 Å². The minimum atomic E-state index is -1.56. The number of hydroxylamine groups is 1. The van der Waals surface area contributed by atoms with Crippen LogP contribution in [-0.2, 0) is 15.1 Å². The topological polar surface area (TPSA) is 60.2 Å². The highest BCUT2D eigenvalue weighted by Gasteiger charge is 2.60. The molecule has 0 fully saturated rings. The van der Waals surface area contributed by atoms with Crippen LogP contribution in [-0.4, -0.2) is 22.0 Å². The Morgan fingerprint density at radius 2 is 1.38 bits per heavy atom. The summed E-state index contributed by atoms with van der Waals surface area (Å²) in [5.74, 6) is -0.813. The number of rotatable bonds is 2. The second-order valence-electron chi connectivity index (χ2n) is 5.72. The molecule has 4 heteroatoms. The summed E-state index contributed by atoms with van der Waals surface area (Å²) in [6.07, 6.45) is 4.36. The standard InChI is InChI=1S/C20H13NO3/c22-17-13-7-12-16-18(17)21(24)20(19(16)23,14-8-3-1-4-9-14)15-10-5-2-6-11-15/h1-13H. The van der Waals surface area contributed by atoms with Gasteiger partial charge in [-0.3, -0.25) is 9.59 Å². The Morgan fingerprint density at radius 3 is 1.88 bits per heavy atom. The van der Waals surface area contributed by atoms with E-state index in [2.05, 4.69) is 0 Å². The van der Waals surface area contributed by atoms with Gasteiger partial charge in [0.25, 0.3) is 22.8 Å². The van der Waals surface area contributed by atoms with E-state index < -0.39 is 11.3 Å². The maximum atomic E-state index is 13.3. The normalized spacial score (nSPS) is 18.6. The van der Waals surface area contributed by atoms with Gasteiger partial charge in [-0.25, -0.2) is 0 Å². The predicted molar refractivity (Wildman–Crippen MR) is 89.5 cm³/mol. The van der Waals surface area contributed by atoms with Gasteiger partial charge in [0.1, 0.15) is 5.57 Å². The summed E-state index contributed by atoms with van der Waals surface area (Å²) in [4.78, 5) is 25.5.